The SMILES string of the molecule is CCCC(=O)NC1CCN(C(=O)c2cc(C3CC3)on2)CC1.Cc1ccccc1. The zero-order valence-electron chi connectivity index (χ0n) is 17.4. The van der Waals surface area contributed by atoms with E-state index in [0.717, 1.165) is 37.9 Å². The highest BCUT2D eigenvalue weighted by atomic mass is 16.5. The Morgan fingerprint density at radius 3 is 2.38 bits per heavy atom. The van der Waals surface area contributed by atoms with Crippen molar-refractivity contribution < 1.29 is 14.1 Å². The lowest BCUT2D eigenvalue weighted by atomic mass is 10.0. The van der Waals surface area contributed by atoms with Crippen LogP contribution in [0.25, 0.3) is 0 Å². The number of rotatable bonds is 5. The third-order valence-electron chi connectivity index (χ3n) is 5.29. The maximum absolute atomic E-state index is 12.4. The van der Waals surface area contributed by atoms with Crippen molar-refractivity contribution >= 4 is 11.8 Å². The van der Waals surface area contributed by atoms with Gasteiger partial charge in [0.05, 0.1) is 0 Å². The van der Waals surface area contributed by atoms with Crippen LogP contribution in [0.3, 0.4) is 0 Å². The van der Waals surface area contributed by atoms with Gasteiger partial charge in [-0.05, 0) is 39.0 Å². The van der Waals surface area contributed by atoms with Crippen molar-refractivity contribution in [3.63, 3.8) is 0 Å². The van der Waals surface area contributed by atoms with E-state index < -0.39 is 0 Å². The minimum Gasteiger partial charge on any atom is -0.360 e. The van der Waals surface area contributed by atoms with Gasteiger partial charge in [0.25, 0.3) is 5.91 Å². The summed E-state index contributed by atoms with van der Waals surface area (Å²) in [4.78, 5) is 25.8. The normalized spacial score (nSPS) is 16.7. The van der Waals surface area contributed by atoms with Crippen LogP contribution in [0.1, 0.15) is 73.2 Å². The van der Waals surface area contributed by atoms with E-state index in [0.29, 0.717) is 31.1 Å². The van der Waals surface area contributed by atoms with E-state index in [4.69, 9.17) is 4.52 Å². The molecule has 0 atom stereocenters. The number of nitrogens with zero attached hydrogens (tertiary/aromatic N) is 2. The molecule has 0 radical (unpaired) electrons. The molecule has 1 aromatic carbocycles. The van der Waals surface area contributed by atoms with Crippen molar-refractivity contribution in [2.75, 3.05) is 13.1 Å². The molecule has 0 bridgehead atoms. The molecule has 2 heterocycles. The number of benzene rings is 1. The summed E-state index contributed by atoms with van der Waals surface area (Å²) in [6.45, 7) is 5.39. The van der Waals surface area contributed by atoms with Crippen molar-refractivity contribution in [2.45, 2.75) is 64.3 Å². The van der Waals surface area contributed by atoms with E-state index in [9.17, 15) is 9.59 Å². The smallest absolute Gasteiger partial charge is 0.276 e. The van der Waals surface area contributed by atoms with E-state index in [2.05, 4.69) is 29.5 Å². The summed E-state index contributed by atoms with van der Waals surface area (Å²) in [6, 6.07) is 12.2. The Morgan fingerprint density at radius 1 is 1.14 bits per heavy atom. The summed E-state index contributed by atoms with van der Waals surface area (Å²) < 4.78 is 5.25. The van der Waals surface area contributed by atoms with Crippen molar-refractivity contribution in [3.8, 4) is 0 Å². The molecule has 2 aliphatic rings. The average molecular weight is 398 g/mol. The second-order valence-electron chi connectivity index (χ2n) is 7.93. The van der Waals surface area contributed by atoms with Gasteiger partial charge in [-0.25, -0.2) is 0 Å². The first kappa shape index (κ1) is 21.1. The van der Waals surface area contributed by atoms with Gasteiger partial charge in [0.1, 0.15) is 5.76 Å². The Balaban J connectivity index is 0.000000290. The molecule has 1 saturated carbocycles. The number of amides is 2. The van der Waals surface area contributed by atoms with Gasteiger partial charge in [0.15, 0.2) is 5.69 Å². The third-order valence-corrected chi connectivity index (χ3v) is 5.29. The quantitative estimate of drug-likeness (QED) is 0.825. The van der Waals surface area contributed by atoms with E-state index >= 15 is 0 Å². The molecule has 6 heteroatoms. The summed E-state index contributed by atoms with van der Waals surface area (Å²) >= 11 is 0. The van der Waals surface area contributed by atoms with E-state index in [-0.39, 0.29) is 17.9 Å². The number of aryl methyl sites for hydroxylation is 1. The zero-order chi connectivity index (χ0) is 20.6. The molecule has 1 aliphatic heterocycles. The summed E-state index contributed by atoms with van der Waals surface area (Å²) in [5, 5.41) is 6.94. The highest BCUT2D eigenvalue weighted by molar-refractivity contribution is 5.92. The van der Waals surface area contributed by atoms with Crippen LogP contribution in [0.2, 0.25) is 0 Å². The van der Waals surface area contributed by atoms with Gasteiger partial charge in [-0.2, -0.15) is 0 Å². The van der Waals surface area contributed by atoms with Crippen LogP contribution in [0.4, 0.5) is 0 Å². The van der Waals surface area contributed by atoms with Gasteiger partial charge in [-0.15, -0.1) is 0 Å². The zero-order valence-corrected chi connectivity index (χ0v) is 17.4. The summed E-state index contributed by atoms with van der Waals surface area (Å²) in [5.41, 5.74) is 1.73. The summed E-state index contributed by atoms with van der Waals surface area (Å²) in [6.07, 6.45) is 5.29. The third kappa shape index (κ3) is 6.44. The first-order valence-corrected chi connectivity index (χ1v) is 10.6. The van der Waals surface area contributed by atoms with Crippen molar-refractivity contribution in [1.82, 2.24) is 15.4 Å². The van der Waals surface area contributed by atoms with Crippen LogP contribution in [0.5, 0.6) is 0 Å². The van der Waals surface area contributed by atoms with Crippen LogP contribution in [0.15, 0.2) is 40.9 Å². The first-order valence-electron chi connectivity index (χ1n) is 10.6. The molecule has 2 fully saturated rings. The molecule has 2 amide bonds. The summed E-state index contributed by atoms with van der Waals surface area (Å²) in [7, 11) is 0. The Bertz CT molecular complexity index is 791. The van der Waals surface area contributed by atoms with Crippen LogP contribution < -0.4 is 5.32 Å². The van der Waals surface area contributed by atoms with Crippen LogP contribution in [-0.4, -0.2) is 41.0 Å². The van der Waals surface area contributed by atoms with Crippen LogP contribution >= 0.6 is 0 Å². The maximum atomic E-state index is 12.4. The van der Waals surface area contributed by atoms with E-state index in [1.165, 1.54) is 5.56 Å². The molecule has 1 N–H and O–H groups in total. The summed E-state index contributed by atoms with van der Waals surface area (Å²) in [5.74, 6) is 1.35. The molecule has 0 spiro atoms. The molecule has 1 aromatic heterocycles. The molecular formula is C23H31N3O3. The van der Waals surface area contributed by atoms with E-state index in [1.807, 2.05) is 25.1 Å². The second-order valence-corrected chi connectivity index (χ2v) is 7.93. The van der Waals surface area contributed by atoms with Gasteiger partial charge >= 0.3 is 0 Å². The Labute approximate surface area is 172 Å². The minimum atomic E-state index is -0.0611. The fourth-order valence-corrected chi connectivity index (χ4v) is 3.40. The van der Waals surface area contributed by atoms with Gasteiger partial charge < -0.3 is 14.7 Å². The highest BCUT2D eigenvalue weighted by Gasteiger charge is 2.31. The Kier molecular flexibility index (Phi) is 7.44. The molecule has 6 nitrogen and oxygen atoms in total. The Morgan fingerprint density at radius 2 is 1.83 bits per heavy atom. The topological polar surface area (TPSA) is 75.4 Å². The van der Waals surface area contributed by atoms with Crippen molar-refractivity contribution in [1.29, 1.82) is 0 Å². The lowest BCUT2D eigenvalue weighted by Crippen LogP contribution is -2.46. The lowest BCUT2D eigenvalue weighted by Gasteiger charge is -2.31. The predicted octanol–water partition coefficient (Wildman–Crippen LogP) is 4.07. The first-order chi connectivity index (χ1) is 14.1. The molecule has 156 valence electrons. The number of hydrogen-bond acceptors (Lipinski definition) is 4. The van der Waals surface area contributed by atoms with Crippen LogP contribution in [0, 0.1) is 6.92 Å². The minimum absolute atomic E-state index is 0.0611. The lowest BCUT2D eigenvalue weighted by molar-refractivity contribution is -0.122. The monoisotopic (exact) mass is 397 g/mol. The fraction of sp³-hybridized carbons (Fsp3) is 0.522. The van der Waals surface area contributed by atoms with Gasteiger partial charge in [0.2, 0.25) is 5.91 Å². The largest absolute Gasteiger partial charge is 0.360 e. The molecule has 2 aromatic rings. The Hall–Kier alpha value is -2.63. The molecule has 1 saturated heterocycles. The molecule has 4 rings (SSSR count). The molecule has 1 aliphatic carbocycles. The number of aromatic nitrogens is 1. The number of likely N-dealkylation sites (tertiary alicyclic amines) is 1. The number of carbonyl (C=O) groups is 2. The van der Waals surface area contributed by atoms with Gasteiger partial charge in [0, 0.05) is 37.5 Å². The molecule has 0 unspecified atom stereocenters. The standard InChI is InChI=1S/C16H23N3O3.C7H8/c1-2-3-15(20)17-12-6-8-19(9-7-12)16(21)13-10-14(22-18-13)11-4-5-11;1-7-5-3-2-4-6-7/h10-12H,2-9H2,1H3,(H,17,20);2-6H,1H3. The van der Waals surface area contributed by atoms with E-state index in [1.54, 1.807) is 11.0 Å². The average Bonchev–Trinajstić information content (AvgIpc) is 3.46. The number of nitrogens with one attached hydrogen (secondary N) is 1. The number of hydrogen-bond donors (Lipinski definition) is 1. The van der Waals surface area contributed by atoms with Gasteiger partial charge in [-0.3, -0.25) is 9.59 Å². The van der Waals surface area contributed by atoms with Crippen molar-refractivity contribution in [2.24, 2.45) is 0 Å². The number of carbonyl (C=O) groups excluding carboxylic acids is 2. The predicted molar refractivity (Wildman–Crippen MR) is 112 cm³/mol. The highest BCUT2D eigenvalue weighted by Crippen LogP contribution is 2.40. The van der Waals surface area contributed by atoms with Crippen molar-refractivity contribution in [3.05, 3.63) is 53.4 Å². The molecule has 29 heavy (non-hydrogen) atoms. The molecular weight excluding hydrogens is 366 g/mol. The second kappa shape index (κ2) is 10.2. The van der Waals surface area contributed by atoms with Crippen LogP contribution in [-0.2, 0) is 4.79 Å². The fourth-order valence-electron chi connectivity index (χ4n) is 3.40. The van der Waals surface area contributed by atoms with Gasteiger partial charge in [-0.1, -0.05) is 48.0 Å². The number of piperidine rings is 1. The maximum Gasteiger partial charge on any atom is 0.276 e.